The molecule has 1 N–H and O–H groups in total. The molecule has 0 spiro atoms. The van der Waals surface area contributed by atoms with Crippen LogP contribution in [-0.4, -0.2) is 37.4 Å². The van der Waals surface area contributed by atoms with Gasteiger partial charge >= 0.3 is 0 Å². The van der Waals surface area contributed by atoms with Crippen molar-refractivity contribution in [3.05, 3.63) is 53.6 Å². The van der Waals surface area contributed by atoms with Crippen molar-refractivity contribution in [3.8, 4) is 11.5 Å². The van der Waals surface area contributed by atoms with Crippen LogP contribution < -0.4 is 5.32 Å². The minimum atomic E-state index is -0.0303. The number of rotatable bonds is 4. The van der Waals surface area contributed by atoms with Crippen LogP contribution in [0.15, 0.2) is 36.7 Å². The van der Waals surface area contributed by atoms with Crippen LogP contribution in [0.1, 0.15) is 29.5 Å². The number of pyridine rings is 1. The van der Waals surface area contributed by atoms with Gasteiger partial charge in [0.25, 0.3) is 0 Å². The second kappa shape index (κ2) is 6.84. The van der Waals surface area contributed by atoms with Gasteiger partial charge in [0.05, 0.1) is 11.7 Å². The summed E-state index contributed by atoms with van der Waals surface area (Å²) in [5.74, 6) is 1.42. The van der Waals surface area contributed by atoms with Gasteiger partial charge in [-0.25, -0.2) is 9.97 Å². The lowest BCUT2D eigenvalue weighted by Crippen LogP contribution is -2.24. The largest absolute Gasteiger partial charge is 0.371 e. The molecule has 7 nitrogen and oxygen atoms in total. The van der Waals surface area contributed by atoms with E-state index < -0.39 is 0 Å². The zero-order valence-corrected chi connectivity index (χ0v) is 15.2. The summed E-state index contributed by atoms with van der Waals surface area (Å²) >= 11 is 0. The highest BCUT2D eigenvalue weighted by atomic mass is 16.5. The van der Waals surface area contributed by atoms with E-state index in [0.717, 1.165) is 34.9 Å². The summed E-state index contributed by atoms with van der Waals surface area (Å²) in [7, 11) is 1.93. The minimum absolute atomic E-state index is 0.0303. The molecule has 1 aliphatic heterocycles. The summed E-state index contributed by atoms with van der Waals surface area (Å²) in [5.41, 5.74) is 3.79. The van der Waals surface area contributed by atoms with Crippen molar-refractivity contribution in [2.24, 2.45) is 7.05 Å². The van der Waals surface area contributed by atoms with E-state index in [1.165, 1.54) is 0 Å². The average Bonchev–Trinajstić information content (AvgIpc) is 3.20. The lowest BCUT2D eigenvalue weighted by molar-refractivity contribution is 0.107. The fourth-order valence-corrected chi connectivity index (χ4v) is 3.38. The first-order valence-corrected chi connectivity index (χ1v) is 8.75. The molecule has 3 aromatic rings. The number of hydrogen-bond acceptors (Lipinski definition) is 6. The number of nitrogens with one attached hydrogen (secondary N) is 1. The van der Waals surface area contributed by atoms with Gasteiger partial charge in [-0.3, -0.25) is 9.67 Å². The highest BCUT2D eigenvalue weighted by Crippen LogP contribution is 2.33. The van der Waals surface area contributed by atoms with E-state index in [4.69, 9.17) is 4.74 Å². The van der Waals surface area contributed by atoms with Gasteiger partial charge in [0.2, 0.25) is 0 Å². The van der Waals surface area contributed by atoms with Crippen molar-refractivity contribution >= 4 is 5.82 Å². The van der Waals surface area contributed by atoms with Gasteiger partial charge in [-0.1, -0.05) is 6.07 Å². The Morgan fingerprint density at radius 3 is 2.85 bits per heavy atom. The molecule has 7 heteroatoms. The Morgan fingerprint density at radius 1 is 1.23 bits per heavy atom. The summed E-state index contributed by atoms with van der Waals surface area (Å²) in [6.45, 7) is 4.70. The number of aromatic nitrogens is 5. The zero-order valence-electron chi connectivity index (χ0n) is 15.2. The van der Waals surface area contributed by atoms with Gasteiger partial charge in [0.15, 0.2) is 5.82 Å². The van der Waals surface area contributed by atoms with Crippen LogP contribution in [0, 0.1) is 13.8 Å². The first kappa shape index (κ1) is 16.7. The monoisotopic (exact) mass is 350 g/mol. The van der Waals surface area contributed by atoms with Crippen molar-refractivity contribution in [2.75, 3.05) is 11.9 Å². The van der Waals surface area contributed by atoms with Gasteiger partial charge in [-0.2, -0.15) is 5.10 Å². The molecule has 1 aliphatic rings. The molecular formula is C19H22N6O. The van der Waals surface area contributed by atoms with Gasteiger partial charge < -0.3 is 10.1 Å². The number of hydrogen-bond donors (Lipinski definition) is 1. The molecule has 4 rings (SSSR count). The van der Waals surface area contributed by atoms with Crippen LogP contribution in [-0.2, 0) is 11.8 Å². The molecule has 0 bridgehead atoms. The van der Waals surface area contributed by atoms with Crippen LogP contribution in [0.4, 0.5) is 5.82 Å². The minimum Gasteiger partial charge on any atom is -0.371 e. The first-order valence-electron chi connectivity index (χ1n) is 8.75. The molecule has 3 aromatic heterocycles. The maximum atomic E-state index is 5.99. The second-order valence-corrected chi connectivity index (χ2v) is 6.61. The predicted octanol–water partition coefficient (Wildman–Crippen LogP) is 2.83. The first-order chi connectivity index (χ1) is 12.6. The Hall–Kier alpha value is -2.80. The third-order valence-electron chi connectivity index (χ3n) is 4.53. The van der Waals surface area contributed by atoms with E-state index in [1.807, 2.05) is 56.0 Å². The normalized spacial score (nSPS) is 19.7. The molecule has 0 amide bonds. The van der Waals surface area contributed by atoms with Gasteiger partial charge in [0, 0.05) is 43.4 Å². The van der Waals surface area contributed by atoms with Crippen LogP contribution in [0.2, 0.25) is 0 Å². The van der Waals surface area contributed by atoms with Crippen LogP contribution in [0.25, 0.3) is 11.5 Å². The maximum Gasteiger partial charge on any atom is 0.180 e. The molecule has 4 heterocycles. The highest BCUT2D eigenvalue weighted by molar-refractivity contribution is 5.53. The van der Waals surface area contributed by atoms with Crippen molar-refractivity contribution in [1.82, 2.24) is 24.7 Å². The van der Waals surface area contributed by atoms with Gasteiger partial charge in [-0.15, -0.1) is 0 Å². The molecule has 0 saturated carbocycles. The number of aryl methyl sites for hydroxylation is 3. The van der Waals surface area contributed by atoms with Crippen LogP contribution >= 0.6 is 0 Å². The van der Waals surface area contributed by atoms with Crippen molar-refractivity contribution in [1.29, 1.82) is 0 Å². The number of ether oxygens (including phenoxy) is 1. The summed E-state index contributed by atoms with van der Waals surface area (Å²) < 4.78 is 7.82. The maximum absolute atomic E-state index is 5.99. The average molecular weight is 350 g/mol. The molecule has 2 atom stereocenters. The van der Waals surface area contributed by atoms with Gasteiger partial charge in [0.1, 0.15) is 17.6 Å². The van der Waals surface area contributed by atoms with Crippen LogP contribution in [0.5, 0.6) is 0 Å². The lowest BCUT2D eigenvalue weighted by atomic mass is 10.0. The van der Waals surface area contributed by atoms with Crippen molar-refractivity contribution in [2.45, 2.75) is 32.4 Å². The molecule has 0 aromatic carbocycles. The van der Waals surface area contributed by atoms with E-state index in [1.54, 1.807) is 6.20 Å². The van der Waals surface area contributed by atoms with E-state index in [9.17, 15) is 0 Å². The third kappa shape index (κ3) is 3.30. The van der Waals surface area contributed by atoms with E-state index in [-0.39, 0.29) is 12.1 Å². The van der Waals surface area contributed by atoms with Crippen molar-refractivity contribution in [3.63, 3.8) is 0 Å². The summed E-state index contributed by atoms with van der Waals surface area (Å²) in [5, 5.41) is 7.98. The third-order valence-corrected chi connectivity index (χ3v) is 4.53. The number of anilines is 1. The molecule has 134 valence electrons. The van der Waals surface area contributed by atoms with E-state index in [2.05, 4.69) is 25.4 Å². The Bertz CT molecular complexity index is 908. The Labute approximate surface area is 152 Å². The quantitative estimate of drug-likeness (QED) is 0.780. The van der Waals surface area contributed by atoms with Crippen molar-refractivity contribution < 1.29 is 4.74 Å². The predicted molar refractivity (Wildman–Crippen MR) is 98.7 cm³/mol. The highest BCUT2D eigenvalue weighted by Gasteiger charge is 2.32. The molecule has 1 fully saturated rings. The molecule has 0 unspecified atom stereocenters. The van der Waals surface area contributed by atoms with Gasteiger partial charge in [-0.05, 0) is 32.4 Å². The fourth-order valence-electron chi connectivity index (χ4n) is 3.38. The molecular weight excluding hydrogens is 328 g/mol. The molecule has 26 heavy (non-hydrogen) atoms. The summed E-state index contributed by atoms with van der Waals surface area (Å²) in [4.78, 5) is 13.5. The smallest absolute Gasteiger partial charge is 0.180 e. The Morgan fingerprint density at radius 2 is 2.12 bits per heavy atom. The topological polar surface area (TPSA) is 77.8 Å². The van der Waals surface area contributed by atoms with E-state index in [0.29, 0.717) is 12.4 Å². The Kier molecular flexibility index (Phi) is 4.38. The lowest BCUT2D eigenvalue weighted by Gasteiger charge is -2.20. The molecule has 0 aliphatic carbocycles. The molecule has 0 radical (unpaired) electrons. The SMILES string of the molecule is Cc1cc(N[C@H]2CCO[C@@H]2c2cn(C)nc2C)nc(-c2ccccn2)n1. The van der Waals surface area contributed by atoms with Crippen LogP contribution in [0.3, 0.4) is 0 Å². The summed E-state index contributed by atoms with van der Waals surface area (Å²) in [6.07, 6.45) is 4.67. The Balaban J connectivity index is 1.60. The standard InChI is InChI=1S/C19H22N6O/c1-12-10-17(23-19(21-12)16-6-4-5-8-20-16)22-15-7-9-26-18(15)14-11-25(3)24-13(14)2/h4-6,8,10-11,15,18H,7,9H2,1-3H3,(H,21,22,23)/t15-,18+/m0/s1. The molecule has 1 saturated heterocycles. The summed E-state index contributed by atoms with van der Waals surface area (Å²) in [6, 6.07) is 7.84. The fraction of sp³-hybridized carbons (Fsp3) is 0.368. The number of nitrogens with zero attached hydrogens (tertiary/aromatic N) is 5. The zero-order chi connectivity index (χ0) is 18.1. The van der Waals surface area contributed by atoms with E-state index >= 15 is 0 Å². The second-order valence-electron chi connectivity index (χ2n) is 6.61.